The molecule has 3 heterocycles. The highest BCUT2D eigenvalue weighted by Crippen LogP contribution is 2.36. The van der Waals surface area contributed by atoms with Crippen molar-refractivity contribution in [1.82, 2.24) is 19.4 Å². The van der Waals surface area contributed by atoms with Crippen molar-refractivity contribution in [2.45, 2.75) is 6.36 Å². The van der Waals surface area contributed by atoms with Crippen LogP contribution in [0.3, 0.4) is 0 Å². The van der Waals surface area contributed by atoms with Crippen LogP contribution in [0.2, 0.25) is 0 Å². The number of carboxylic acids is 1. The molecule has 1 fully saturated rings. The minimum atomic E-state index is -4.88. The average molecular weight is 476 g/mol. The number of anilines is 3. The first kappa shape index (κ1) is 23.4. The lowest BCUT2D eigenvalue weighted by Gasteiger charge is -2.34. The topological polar surface area (TPSA) is 95.8 Å². The molecule has 0 bridgehead atoms. The van der Waals surface area contributed by atoms with E-state index in [1.54, 1.807) is 23.7 Å². The number of aryl methyl sites for hydroxylation is 1. The Hall–Kier alpha value is -3.80. The normalized spacial score (nSPS) is 14.8. The van der Waals surface area contributed by atoms with Crippen molar-refractivity contribution in [3.63, 3.8) is 0 Å². The molecule has 1 aromatic carbocycles. The fraction of sp³-hybridized carbons (Fsp3) is 0.318. The summed E-state index contributed by atoms with van der Waals surface area (Å²) in [6, 6.07) is 7.60. The Morgan fingerprint density at radius 1 is 1.12 bits per heavy atom. The lowest BCUT2D eigenvalue weighted by molar-refractivity contribution is -0.274. The lowest BCUT2D eigenvalue weighted by atomic mass is 10.2. The van der Waals surface area contributed by atoms with Gasteiger partial charge in [0.05, 0.1) is 22.6 Å². The summed E-state index contributed by atoms with van der Waals surface area (Å²) in [6.45, 7) is 2.99. The molecule has 1 aliphatic rings. The monoisotopic (exact) mass is 476 g/mol. The number of halogens is 3. The number of aromatic carboxylic acids is 1. The first-order chi connectivity index (χ1) is 16.1. The molecule has 180 valence electrons. The highest BCUT2D eigenvalue weighted by atomic mass is 19.4. The Bertz CT molecular complexity index is 1190. The van der Waals surface area contributed by atoms with E-state index in [-0.39, 0.29) is 17.2 Å². The molecule has 12 heteroatoms. The minimum Gasteiger partial charge on any atom is -0.478 e. The van der Waals surface area contributed by atoms with Crippen molar-refractivity contribution < 1.29 is 27.8 Å². The number of ether oxygens (including phenoxy) is 1. The Labute approximate surface area is 193 Å². The van der Waals surface area contributed by atoms with E-state index in [1.165, 1.54) is 30.6 Å². The van der Waals surface area contributed by atoms with Crippen LogP contribution >= 0.6 is 0 Å². The molecule has 2 N–H and O–H groups in total. The number of nitrogens with zero attached hydrogens (tertiary/aromatic N) is 5. The number of likely N-dealkylation sites (N-methyl/N-ethyl adjacent to an activating group) is 1. The Morgan fingerprint density at radius 2 is 1.85 bits per heavy atom. The predicted octanol–water partition coefficient (Wildman–Crippen LogP) is 3.57. The maximum atomic E-state index is 13.1. The molecule has 0 saturated carbocycles. The van der Waals surface area contributed by atoms with Crippen LogP contribution in [0, 0.1) is 0 Å². The number of carboxylic acid groups (broad SMARTS) is 1. The van der Waals surface area contributed by atoms with Gasteiger partial charge in [0.1, 0.15) is 0 Å². The summed E-state index contributed by atoms with van der Waals surface area (Å²) in [6.07, 6.45) is -2.00. The van der Waals surface area contributed by atoms with E-state index < -0.39 is 18.1 Å². The smallest absolute Gasteiger partial charge is 0.478 e. The Morgan fingerprint density at radius 3 is 2.50 bits per heavy atom. The standard InChI is InChI=1S/C22H23F3N6O3/c1-29-7-9-31(10-8-29)15-3-4-17(19(12-15)34-22(23,24)25)28-21-26-6-5-16(27-21)18-11-14(20(32)33)13-30(18)2/h3-6,11-13H,7-10H2,1-2H3,(H,32,33)(H,26,27,28). The molecule has 0 atom stereocenters. The van der Waals surface area contributed by atoms with Gasteiger partial charge in [-0.1, -0.05) is 0 Å². The first-order valence-electron chi connectivity index (χ1n) is 10.4. The number of alkyl halides is 3. The van der Waals surface area contributed by atoms with Gasteiger partial charge in [-0.05, 0) is 31.3 Å². The summed E-state index contributed by atoms with van der Waals surface area (Å²) in [5.41, 5.74) is 1.67. The zero-order chi connectivity index (χ0) is 24.5. The number of aromatic nitrogens is 3. The maximum absolute atomic E-state index is 13.1. The molecule has 34 heavy (non-hydrogen) atoms. The molecule has 0 radical (unpaired) electrons. The molecule has 3 aromatic rings. The van der Waals surface area contributed by atoms with Crippen LogP contribution in [-0.2, 0) is 7.05 Å². The van der Waals surface area contributed by atoms with Crippen LogP contribution in [0.4, 0.5) is 30.5 Å². The van der Waals surface area contributed by atoms with E-state index in [9.17, 15) is 23.1 Å². The zero-order valence-corrected chi connectivity index (χ0v) is 18.5. The first-order valence-corrected chi connectivity index (χ1v) is 10.4. The predicted molar refractivity (Wildman–Crippen MR) is 120 cm³/mol. The lowest BCUT2D eigenvalue weighted by Crippen LogP contribution is -2.44. The maximum Gasteiger partial charge on any atom is 0.573 e. The summed E-state index contributed by atoms with van der Waals surface area (Å²) in [7, 11) is 3.66. The van der Waals surface area contributed by atoms with E-state index >= 15 is 0 Å². The van der Waals surface area contributed by atoms with Crippen LogP contribution in [0.25, 0.3) is 11.4 Å². The molecule has 0 aliphatic carbocycles. The Balaban J connectivity index is 1.63. The van der Waals surface area contributed by atoms with Crippen LogP contribution in [0.15, 0.2) is 42.7 Å². The summed E-state index contributed by atoms with van der Waals surface area (Å²) in [5, 5.41) is 12.0. The Kier molecular flexibility index (Phi) is 6.33. The van der Waals surface area contributed by atoms with Crippen LogP contribution in [0.1, 0.15) is 10.4 Å². The van der Waals surface area contributed by atoms with Crippen molar-refractivity contribution in [2.75, 3.05) is 43.4 Å². The van der Waals surface area contributed by atoms with E-state index in [2.05, 4.69) is 24.9 Å². The zero-order valence-electron chi connectivity index (χ0n) is 18.5. The third-order valence-electron chi connectivity index (χ3n) is 5.48. The largest absolute Gasteiger partial charge is 0.573 e. The van der Waals surface area contributed by atoms with Gasteiger partial charge in [0.15, 0.2) is 5.75 Å². The number of rotatable bonds is 6. The highest BCUT2D eigenvalue weighted by Gasteiger charge is 2.33. The molecule has 9 nitrogen and oxygen atoms in total. The minimum absolute atomic E-state index is 0.0370. The molecule has 0 amide bonds. The quantitative estimate of drug-likeness (QED) is 0.558. The molecular weight excluding hydrogens is 453 g/mol. The molecule has 2 aromatic heterocycles. The van der Waals surface area contributed by atoms with Gasteiger partial charge < -0.3 is 29.5 Å². The van der Waals surface area contributed by atoms with Crippen molar-refractivity contribution >= 4 is 23.3 Å². The SMILES string of the molecule is CN1CCN(c2ccc(Nc3nccc(-c4cc(C(=O)O)cn4C)n3)c(OC(F)(F)F)c2)CC1. The molecule has 1 saturated heterocycles. The number of nitrogens with one attached hydrogen (secondary N) is 1. The molecule has 1 aliphatic heterocycles. The fourth-order valence-corrected chi connectivity index (χ4v) is 3.70. The van der Waals surface area contributed by atoms with Gasteiger partial charge in [0.25, 0.3) is 0 Å². The van der Waals surface area contributed by atoms with Crippen LogP contribution in [-0.4, -0.2) is 70.1 Å². The summed E-state index contributed by atoms with van der Waals surface area (Å²) >= 11 is 0. The van der Waals surface area contributed by atoms with Gasteiger partial charge in [0, 0.05) is 57.4 Å². The van der Waals surface area contributed by atoms with Gasteiger partial charge in [-0.3, -0.25) is 0 Å². The number of piperazine rings is 1. The van der Waals surface area contributed by atoms with Gasteiger partial charge >= 0.3 is 12.3 Å². The molecular formula is C22H23F3N6O3. The summed E-state index contributed by atoms with van der Waals surface area (Å²) in [4.78, 5) is 23.8. The van der Waals surface area contributed by atoms with Gasteiger partial charge in [-0.2, -0.15) is 0 Å². The number of benzene rings is 1. The number of hydrogen-bond acceptors (Lipinski definition) is 7. The van der Waals surface area contributed by atoms with Crippen LogP contribution in [0.5, 0.6) is 5.75 Å². The van der Waals surface area contributed by atoms with E-state index in [0.29, 0.717) is 30.2 Å². The highest BCUT2D eigenvalue weighted by molar-refractivity contribution is 5.89. The average Bonchev–Trinajstić information content (AvgIpc) is 3.17. The fourth-order valence-electron chi connectivity index (χ4n) is 3.70. The number of carbonyl (C=O) groups is 1. The third-order valence-corrected chi connectivity index (χ3v) is 5.48. The van der Waals surface area contributed by atoms with E-state index in [4.69, 9.17) is 0 Å². The molecule has 0 unspecified atom stereocenters. The second-order valence-electron chi connectivity index (χ2n) is 7.94. The summed E-state index contributed by atoms with van der Waals surface area (Å²) < 4.78 is 45.3. The number of hydrogen-bond donors (Lipinski definition) is 2. The molecule has 0 spiro atoms. The van der Waals surface area contributed by atoms with Crippen molar-refractivity contribution in [1.29, 1.82) is 0 Å². The van der Waals surface area contributed by atoms with Gasteiger partial charge in [0.2, 0.25) is 5.95 Å². The van der Waals surface area contributed by atoms with Crippen molar-refractivity contribution in [3.05, 3.63) is 48.3 Å². The second kappa shape index (κ2) is 9.21. The van der Waals surface area contributed by atoms with E-state index in [1.807, 2.05) is 11.9 Å². The van der Waals surface area contributed by atoms with Gasteiger partial charge in [-0.15, -0.1) is 13.2 Å². The van der Waals surface area contributed by atoms with E-state index in [0.717, 1.165) is 13.1 Å². The summed E-state index contributed by atoms with van der Waals surface area (Å²) in [5.74, 6) is -1.44. The van der Waals surface area contributed by atoms with Gasteiger partial charge in [-0.25, -0.2) is 14.8 Å². The molecule has 4 rings (SSSR count). The van der Waals surface area contributed by atoms with Crippen molar-refractivity contribution in [2.24, 2.45) is 7.05 Å². The third kappa shape index (κ3) is 5.39. The van der Waals surface area contributed by atoms with Crippen molar-refractivity contribution in [3.8, 4) is 17.1 Å². The van der Waals surface area contributed by atoms with Crippen LogP contribution < -0.4 is 15.0 Å². The second-order valence-corrected chi connectivity index (χ2v) is 7.94.